The van der Waals surface area contributed by atoms with Gasteiger partial charge in [-0.05, 0) is 43.2 Å². The van der Waals surface area contributed by atoms with Gasteiger partial charge in [0, 0.05) is 6.04 Å². The van der Waals surface area contributed by atoms with Gasteiger partial charge in [0.05, 0.1) is 0 Å². The second-order valence-corrected chi connectivity index (χ2v) is 4.95. The molecule has 1 aromatic rings. The van der Waals surface area contributed by atoms with Crippen LogP contribution in [0.3, 0.4) is 0 Å². The van der Waals surface area contributed by atoms with Crippen LogP contribution in [0.2, 0.25) is 0 Å². The van der Waals surface area contributed by atoms with Gasteiger partial charge >= 0.3 is 0 Å². The molecule has 3 unspecified atom stereocenters. The van der Waals surface area contributed by atoms with Crippen molar-refractivity contribution in [1.82, 2.24) is 4.98 Å². The molecule has 1 heterocycles. The van der Waals surface area contributed by atoms with Crippen LogP contribution in [-0.4, -0.2) is 11.0 Å². The van der Waals surface area contributed by atoms with Gasteiger partial charge in [-0.15, -0.1) is 0 Å². The molecule has 3 heteroatoms. The Hall–Kier alpha value is -1.56. The minimum absolute atomic E-state index is 0.494. The molecule has 16 heavy (non-hydrogen) atoms. The van der Waals surface area contributed by atoms with Crippen molar-refractivity contribution in [2.75, 3.05) is 5.32 Å². The zero-order valence-corrected chi connectivity index (χ0v) is 9.19. The van der Waals surface area contributed by atoms with Gasteiger partial charge in [-0.25, -0.2) is 4.98 Å². The monoisotopic (exact) mass is 213 g/mol. The molecule has 82 valence electrons. The Morgan fingerprint density at radius 3 is 2.94 bits per heavy atom. The summed E-state index contributed by atoms with van der Waals surface area (Å²) in [6, 6.07) is 8.24. The van der Waals surface area contributed by atoms with Crippen LogP contribution in [0.25, 0.3) is 0 Å². The Bertz CT molecular complexity index is 435. The van der Waals surface area contributed by atoms with E-state index < -0.39 is 0 Å². The van der Waals surface area contributed by atoms with Crippen LogP contribution in [0.4, 0.5) is 5.82 Å². The average Bonchev–Trinajstić information content (AvgIpc) is 2.91. The third-order valence-electron chi connectivity index (χ3n) is 3.94. The molecule has 0 spiro atoms. The smallest absolute Gasteiger partial charge is 0.142 e. The zero-order valence-electron chi connectivity index (χ0n) is 9.19. The lowest BCUT2D eigenvalue weighted by Gasteiger charge is -2.23. The summed E-state index contributed by atoms with van der Waals surface area (Å²) in [7, 11) is 0. The van der Waals surface area contributed by atoms with Gasteiger partial charge in [-0.1, -0.05) is 12.5 Å². The van der Waals surface area contributed by atoms with Crippen LogP contribution in [0.15, 0.2) is 18.2 Å². The van der Waals surface area contributed by atoms with E-state index in [1.54, 1.807) is 6.07 Å². The second-order valence-electron chi connectivity index (χ2n) is 4.95. The lowest BCUT2D eigenvalue weighted by Crippen LogP contribution is -2.26. The molecule has 3 nitrogen and oxygen atoms in total. The van der Waals surface area contributed by atoms with Crippen molar-refractivity contribution in [1.29, 1.82) is 5.26 Å². The number of nitrogens with zero attached hydrogens (tertiary/aromatic N) is 2. The van der Waals surface area contributed by atoms with E-state index >= 15 is 0 Å². The summed E-state index contributed by atoms with van der Waals surface area (Å²) in [6.07, 6.45) is 5.44. The fourth-order valence-corrected chi connectivity index (χ4v) is 3.19. The van der Waals surface area contributed by atoms with Crippen molar-refractivity contribution in [3.05, 3.63) is 23.9 Å². The molecule has 2 bridgehead atoms. The summed E-state index contributed by atoms with van der Waals surface area (Å²) in [5.41, 5.74) is 0.494. The van der Waals surface area contributed by atoms with E-state index in [4.69, 9.17) is 5.26 Å². The summed E-state index contributed by atoms with van der Waals surface area (Å²) in [5, 5.41) is 12.3. The number of rotatable bonds is 2. The molecule has 2 aliphatic rings. The van der Waals surface area contributed by atoms with Crippen molar-refractivity contribution >= 4 is 5.82 Å². The molecule has 3 rings (SSSR count). The predicted molar refractivity (Wildman–Crippen MR) is 61.8 cm³/mol. The van der Waals surface area contributed by atoms with E-state index in [0.717, 1.165) is 17.7 Å². The Morgan fingerprint density at radius 2 is 2.25 bits per heavy atom. The maximum absolute atomic E-state index is 8.79. The summed E-state index contributed by atoms with van der Waals surface area (Å²) >= 11 is 0. The molecule has 1 N–H and O–H groups in total. The quantitative estimate of drug-likeness (QED) is 0.821. The highest BCUT2D eigenvalue weighted by atomic mass is 15.0. The summed E-state index contributed by atoms with van der Waals surface area (Å²) in [5.74, 6) is 2.62. The number of hydrogen-bond acceptors (Lipinski definition) is 3. The summed E-state index contributed by atoms with van der Waals surface area (Å²) in [4.78, 5) is 4.27. The molecule has 2 fully saturated rings. The highest BCUT2D eigenvalue weighted by molar-refractivity contribution is 5.39. The Kier molecular flexibility index (Phi) is 2.28. The maximum Gasteiger partial charge on any atom is 0.142 e. The topological polar surface area (TPSA) is 48.7 Å². The normalized spacial score (nSPS) is 31.3. The van der Waals surface area contributed by atoms with Crippen LogP contribution in [0.1, 0.15) is 31.4 Å². The molecule has 0 radical (unpaired) electrons. The highest BCUT2D eigenvalue weighted by Gasteiger charge is 2.39. The first-order valence-electron chi connectivity index (χ1n) is 5.99. The lowest BCUT2D eigenvalue weighted by molar-refractivity contribution is 0.439. The minimum Gasteiger partial charge on any atom is -0.367 e. The third-order valence-corrected chi connectivity index (χ3v) is 3.94. The van der Waals surface area contributed by atoms with Crippen LogP contribution >= 0.6 is 0 Å². The van der Waals surface area contributed by atoms with Crippen molar-refractivity contribution in [2.45, 2.75) is 31.7 Å². The number of anilines is 1. The molecule has 3 atom stereocenters. The van der Waals surface area contributed by atoms with E-state index in [9.17, 15) is 0 Å². The van der Waals surface area contributed by atoms with Gasteiger partial charge < -0.3 is 5.32 Å². The zero-order chi connectivity index (χ0) is 11.0. The Labute approximate surface area is 95.5 Å². The number of fused-ring (bicyclic) bond motifs is 2. The highest BCUT2D eigenvalue weighted by Crippen LogP contribution is 2.45. The van der Waals surface area contributed by atoms with Gasteiger partial charge in [0.2, 0.25) is 0 Å². The summed E-state index contributed by atoms with van der Waals surface area (Å²) < 4.78 is 0. The van der Waals surface area contributed by atoms with Gasteiger partial charge in [0.15, 0.2) is 0 Å². The fourth-order valence-electron chi connectivity index (χ4n) is 3.19. The fraction of sp³-hybridized carbons (Fsp3) is 0.538. The molecule has 0 aromatic carbocycles. The molecular formula is C13H15N3. The molecule has 1 aromatic heterocycles. The molecular weight excluding hydrogens is 198 g/mol. The Morgan fingerprint density at radius 1 is 1.31 bits per heavy atom. The SMILES string of the molecule is N#Cc1cccc(NC2CC3CCC2C3)n1. The Balaban J connectivity index is 1.72. The van der Waals surface area contributed by atoms with Crippen LogP contribution in [0, 0.1) is 23.2 Å². The standard InChI is InChI=1S/C13H15N3/c14-8-11-2-1-3-13(15-11)16-12-7-9-4-5-10(12)6-9/h1-3,9-10,12H,4-7H2,(H,15,16). The van der Waals surface area contributed by atoms with Gasteiger partial charge in [0.25, 0.3) is 0 Å². The molecule has 2 aliphatic carbocycles. The number of aromatic nitrogens is 1. The second kappa shape index (κ2) is 3.79. The first-order chi connectivity index (χ1) is 7.85. The average molecular weight is 213 g/mol. The van der Waals surface area contributed by atoms with Gasteiger partial charge in [-0.3, -0.25) is 0 Å². The maximum atomic E-state index is 8.79. The van der Waals surface area contributed by atoms with E-state index in [1.807, 2.05) is 12.1 Å². The first-order valence-corrected chi connectivity index (χ1v) is 5.99. The van der Waals surface area contributed by atoms with E-state index in [-0.39, 0.29) is 0 Å². The number of nitriles is 1. The number of nitrogens with one attached hydrogen (secondary N) is 1. The van der Waals surface area contributed by atoms with E-state index in [0.29, 0.717) is 11.7 Å². The van der Waals surface area contributed by atoms with Crippen molar-refractivity contribution in [3.8, 4) is 6.07 Å². The molecule has 2 saturated carbocycles. The molecule has 0 amide bonds. The van der Waals surface area contributed by atoms with Crippen LogP contribution in [-0.2, 0) is 0 Å². The lowest BCUT2D eigenvalue weighted by atomic mass is 9.95. The first kappa shape index (κ1) is 9.65. The third kappa shape index (κ3) is 1.65. The van der Waals surface area contributed by atoms with E-state index in [2.05, 4.69) is 16.4 Å². The molecule has 0 aliphatic heterocycles. The predicted octanol–water partition coefficient (Wildman–Crippen LogP) is 2.55. The molecule has 0 saturated heterocycles. The van der Waals surface area contributed by atoms with Crippen molar-refractivity contribution in [2.24, 2.45) is 11.8 Å². The number of hydrogen-bond donors (Lipinski definition) is 1. The van der Waals surface area contributed by atoms with Gasteiger partial charge in [-0.2, -0.15) is 5.26 Å². The van der Waals surface area contributed by atoms with E-state index in [1.165, 1.54) is 25.7 Å². The minimum atomic E-state index is 0.494. The van der Waals surface area contributed by atoms with Crippen molar-refractivity contribution in [3.63, 3.8) is 0 Å². The van der Waals surface area contributed by atoms with Crippen molar-refractivity contribution < 1.29 is 0 Å². The van der Waals surface area contributed by atoms with Crippen LogP contribution < -0.4 is 5.32 Å². The number of pyridine rings is 1. The largest absolute Gasteiger partial charge is 0.367 e. The van der Waals surface area contributed by atoms with Crippen LogP contribution in [0.5, 0.6) is 0 Å². The van der Waals surface area contributed by atoms with Gasteiger partial charge in [0.1, 0.15) is 17.6 Å². The summed E-state index contributed by atoms with van der Waals surface area (Å²) in [6.45, 7) is 0.